The second kappa shape index (κ2) is 5.76. The lowest BCUT2D eigenvalue weighted by atomic mass is 9.90. The maximum atomic E-state index is 9.10. The molecule has 0 aliphatic rings. The summed E-state index contributed by atoms with van der Waals surface area (Å²) in [5.41, 5.74) is 7.41. The van der Waals surface area contributed by atoms with Crippen molar-refractivity contribution in [3.8, 4) is 0 Å². The lowest BCUT2D eigenvalue weighted by Crippen LogP contribution is -2.44. The lowest BCUT2D eigenvalue weighted by Gasteiger charge is -2.31. The fourth-order valence-electron chi connectivity index (χ4n) is 1.01. The summed E-state index contributed by atoms with van der Waals surface area (Å²) < 4.78 is 0. The van der Waals surface area contributed by atoms with Gasteiger partial charge in [-0.15, -0.1) is 0 Å². The average Bonchev–Trinajstić information content (AvgIpc) is 2.11. The zero-order valence-corrected chi connectivity index (χ0v) is 12.2. The summed E-state index contributed by atoms with van der Waals surface area (Å²) in [5.74, 6) is 0. The molecule has 0 heterocycles. The molecule has 0 aromatic heterocycles. The maximum Gasteiger partial charge on any atom is 0.113 e. The second-order valence-electron chi connectivity index (χ2n) is 5.69. The van der Waals surface area contributed by atoms with Gasteiger partial charge in [0.1, 0.15) is 7.85 Å². The average molecular weight is 249 g/mol. The van der Waals surface area contributed by atoms with Gasteiger partial charge in [-0.3, -0.25) is 0 Å². The Morgan fingerprint density at radius 2 is 1.22 bits per heavy atom. The van der Waals surface area contributed by atoms with E-state index >= 15 is 0 Å². The fourth-order valence-corrected chi connectivity index (χ4v) is 1.01. The Morgan fingerprint density at radius 1 is 0.944 bits per heavy atom. The number of benzene rings is 1. The quantitative estimate of drug-likeness (QED) is 0.517. The zero-order chi connectivity index (χ0) is 14.7. The molecule has 4 heteroatoms. The van der Waals surface area contributed by atoms with Crippen LogP contribution in [0.3, 0.4) is 0 Å². The SMILES string of the molecule is CC(C)(O)C(C)(C)O.[B]c1cc(C)c(N)c(C)c1. The van der Waals surface area contributed by atoms with Crippen LogP contribution in [0.2, 0.25) is 0 Å². The highest BCUT2D eigenvalue weighted by atomic mass is 16.3. The molecule has 0 bridgehead atoms. The Morgan fingerprint density at radius 3 is 1.44 bits per heavy atom. The highest BCUT2D eigenvalue weighted by Crippen LogP contribution is 2.19. The van der Waals surface area contributed by atoms with E-state index in [1.807, 2.05) is 26.0 Å². The standard InChI is InChI=1S/C8H10BN.C6H14O2/c1-5-3-7(9)4-6(2)8(5)10;1-5(2,7)6(3,4)8/h3-4H,10H2,1-2H3;7-8H,1-4H3. The van der Waals surface area contributed by atoms with Gasteiger partial charge in [-0.1, -0.05) is 17.6 Å². The van der Waals surface area contributed by atoms with Crippen molar-refractivity contribution in [3.05, 3.63) is 23.3 Å². The number of rotatable bonds is 1. The van der Waals surface area contributed by atoms with E-state index in [1.54, 1.807) is 27.7 Å². The Balaban J connectivity index is 0.000000331. The summed E-state index contributed by atoms with van der Waals surface area (Å²) in [5, 5.41) is 18.2. The van der Waals surface area contributed by atoms with Gasteiger partial charge in [-0.05, 0) is 52.7 Å². The van der Waals surface area contributed by atoms with Crippen LogP contribution in [-0.4, -0.2) is 29.3 Å². The maximum absolute atomic E-state index is 9.10. The van der Waals surface area contributed by atoms with E-state index in [9.17, 15) is 0 Å². The van der Waals surface area contributed by atoms with Gasteiger partial charge < -0.3 is 15.9 Å². The van der Waals surface area contributed by atoms with Crippen molar-refractivity contribution in [2.75, 3.05) is 5.73 Å². The number of hydrogen-bond acceptors (Lipinski definition) is 3. The minimum absolute atomic E-state index is 0.782. The molecule has 2 radical (unpaired) electrons. The molecule has 0 aliphatic carbocycles. The number of nitrogen functional groups attached to an aromatic ring is 1. The number of aliphatic hydroxyl groups is 2. The molecule has 4 N–H and O–H groups in total. The summed E-state index contributed by atoms with van der Waals surface area (Å²) >= 11 is 0. The van der Waals surface area contributed by atoms with Crippen molar-refractivity contribution in [2.24, 2.45) is 0 Å². The van der Waals surface area contributed by atoms with Gasteiger partial charge in [-0.2, -0.15) is 0 Å². The van der Waals surface area contributed by atoms with Gasteiger partial charge in [0, 0.05) is 5.69 Å². The molecule has 0 aliphatic heterocycles. The predicted molar refractivity (Wildman–Crippen MR) is 78.3 cm³/mol. The van der Waals surface area contributed by atoms with Crippen LogP contribution in [0.15, 0.2) is 12.1 Å². The first kappa shape index (κ1) is 17.0. The van der Waals surface area contributed by atoms with Crippen molar-refractivity contribution < 1.29 is 10.2 Å². The second-order valence-corrected chi connectivity index (χ2v) is 5.69. The molecule has 3 nitrogen and oxygen atoms in total. The molecule has 0 unspecified atom stereocenters. The van der Waals surface area contributed by atoms with Crippen LogP contribution in [0.5, 0.6) is 0 Å². The number of anilines is 1. The molecular weight excluding hydrogens is 225 g/mol. The molecule has 18 heavy (non-hydrogen) atoms. The van der Waals surface area contributed by atoms with E-state index in [2.05, 4.69) is 0 Å². The largest absolute Gasteiger partial charge is 0.398 e. The van der Waals surface area contributed by atoms with Crippen LogP contribution in [0, 0.1) is 13.8 Å². The van der Waals surface area contributed by atoms with Crippen molar-refractivity contribution in [1.82, 2.24) is 0 Å². The third-order valence-electron chi connectivity index (χ3n) is 3.11. The van der Waals surface area contributed by atoms with E-state index in [0.29, 0.717) is 0 Å². The van der Waals surface area contributed by atoms with E-state index in [1.165, 1.54) is 0 Å². The molecule has 0 fully saturated rings. The number of nitrogens with two attached hydrogens (primary N) is 1. The number of aryl methyl sites for hydroxylation is 2. The first-order chi connectivity index (χ1) is 7.86. The van der Waals surface area contributed by atoms with Gasteiger partial charge in [0.05, 0.1) is 11.2 Å². The minimum Gasteiger partial charge on any atom is -0.398 e. The van der Waals surface area contributed by atoms with E-state index in [0.717, 1.165) is 22.3 Å². The predicted octanol–water partition coefficient (Wildman–Crippen LogP) is 1.21. The van der Waals surface area contributed by atoms with Gasteiger partial charge in [0.25, 0.3) is 0 Å². The smallest absolute Gasteiger partial charge is 0.113 e. The third-order valence-corrected chi connectivity index (χ3v) is 3.11. The Bertz CT molecular complexity index is 368. The lowest BCUT2D eigenvalue weighted by molar-refractivity contribution is -0.107. The number of hydrogen-bond donors (Lipinski definition) is 3. The first-order valence-electron chi connectivity index (χ1n) is 5.93. The summed E-state index contributed by atoms with van der Waals surface area (Å²) in [7, 11) is 5.57. The highest BCUT2D eigenvalue weighted by Gasteiger charge is 2.31. The molecule has 0 spiro atoms. The monoisotopic (exact) mass is 249 g/mol. The molecule has 1 aromatic rings. The molecule has 0 saturated heterocycles. The summed E-state index contributed by atoms with van der Waals surface area (Å²) in [6, 6.07) is 3.75. The first-order valence-corrected chi connectivity index (χ1v) is 5.93. The normalized spacial score (nSPS) is 11.8. The van der Waals surface area contributed by atoms with Crippen LogP contribution >= 0.6 is 0 Å². The van der Waals surface area contributed by atoms with Crippen molar-refractivity contribution >= 4 is 19.0 Å². The van der Waals surface area contributed by atoms with E-state index in [4.69, 9.17) is 23.8 Å². The van der Waals surface area contributed by atoms with Crippen molar-refractivity contribution in [1.29, 1.82) is 0 Å². The van der Waals surface area contributed by atoms with E-state index < -0.39 is 11.2 Å². The molecule has 100 valence electrons. The van der Waals surface area contributed by atoms with Crippen LogP contribution in [0.4, 0.5) is 5.69 Å². The Hall–Kier alpha value is -0.995. The minimum atomic E-state index is -1.01. The Labute approximate surface area is 111 Å². The molecule has 0 amide bonds. The van der Waals surface area contributed by atoms with Gasteiger partial charge >= 0.3 is 0 Å². The third kappa shape index (κ3) is 5.11. The summed E-state index contributed by atoms with van der Waals surface area (Å²) in [6.07, 6.45) is 0. The van der Waals surface area contributed by atoms with Crippen LogP contribution in [0.25, 0.3) is 0 Å². The fraction of sp³-hybridized carbons (Fsp3) is 0.571. The van der Waals surface area contributed by atoms with Gasteiger partial charge in [0.2, 0.25) is 0 Å². The van der Waals surface area contributed by atoms with Crippen LogP contribution in [-0.2, 0) is 0 Å². The van der Waals surface area contributed by atoms with Crippen LogP contribution < -0.4 is 11.2 Å². The summed E-state index contributed by atoms with van der Waals surface area (Å²) in [6.45, 7) is 10.2. The molecule has 1 rings (SSSR count). The van der Waals surface area contributed by atoms with Crippen molar-refractivity contribution in [3.63, 3.8) is 0 Å². The van der Waals surface area contributed by atoms with Gasteiger partial charge in [0.15, 0.2) is 0 Å². The van der Waals surface area contributed by atoms with Crippen LogP contribution in [0.1, 0.15) is 38.8 Å². The van der Waals surface area contributed by atoms with E-state index in [-0.39, 0.29) is 0 Å². The van der Waals surface area contributed by atoms with Gasteiger partial charge in [-0.25, -0.2) is 0 Å². The zero-order valence-electron chi connectivity index (χ0n) is 12.2. The highest BCUT2D eigenvalue weighted by molar-refractivity contribution is 6.32. The Kier molecular flexibility index (Phi) is 5.44. The molecule has 0 atom stereocenters. The van der Waals surface area contributed by atoms with Crippen molar-refractivity contribution in [2.45, 2.75) is 52.7 Å². The molecule has 1 aromatic carbocycles. The summed E-state index contributed by atoms with van der Waals surface area (Å²) in [4.78, 5) is 0. The topological polar surface area (TPSA) is 66.5 Å². The molecule has 0 saturated carbocycles. The molecular formula is C14H24BNO2.